The summed E-state index contributed by atoms with van der Waals surface area (Å²) in [6, 6.07) is 13.8. The summed E-state index contributed by atoms with van der Waals surface area (Å²) in [6.07, 6.45) is 3.69. The summed E-state index contributed by atoms with van der Waals surface area (Å²) in [6.45, 7) is 2.96. The largest absolute Gasteiger partial charge is 0.462 e. The van der Waals surface area contributed by atoms with Crippen LogP contribution in [0.2, 0.25) is 0 Å². The third kappa shape index (κ3) is 3.14. The van der Waals surface area contributed by atoms with Crippen molar-refractivity contribution in [2.24, 2.45) is 0 Å². The Hall–Kier alpha value is -2.72. The fourth-order valence-corrected chi connectivity index (χ4v) is 2.87. The van der Waals surface area contributed by atoms with Gasteiger partial charge in [-0.1, -0.05) is 24.3 Å². The van der Waals surface area contributed by atoms with Crippen LogP contribution >= 0.6 is 0 Å². The van der Waals surface area contributed by atoms with Crippen molar-refractivity contribution in [3.05, 3.63) is 66.0 Å². The number of benzene rings is 2. The summed E-state index contributed by atoms with van der Waals surface area (Å²) in [5.41, 5.74) is 3.84. The third-order valence-corrected chi connectivity index (χ3v) is 3.96. The van der Waals surface area contributed by atoms with Crippen LogP contribution in [0.25, 0.3) is 21.9 Å². The van der Waals surface area contributed by atoms with E-state index >= 15 is 0 Å². The van der Waals surface area contributed by atoms with Crippen molar-refractivity contribution in [1.29, 1.82) is 0 Å². The first kappa shape index (κ1) is 16.1. The van der Waals surface area contributed by atoms with E-state index in [1.807, 2.05) is 44.4 Å². The molecule has 1 N–H and O–H groups in total. The first-order valence-electron chi connectivity index (χ1n) is 8.02. The molecule has 0 aliphatic rings. The second-order valence-corrected chi connectivity index (χ2v) is 5.53. The number of fused-ring (bicyclic) bond motifs is 1. The molecule has 0 atom stereocenters. The fraction of sp³-hybridized carbons (Fsp3) is 0.200. The number of esters is 1. The van der Waals surface area contributed by atoms with Crippen LogP contribution in [0.1, 0.15) is 22.8 Å². The van der Waals surface area contributed by atoms with Gasteiger partial charge in [-0.05, 0) is 54.2 Å². The van der Waals surface area contributed by atoms with Crippen molar-refractivity contribution in [3.8, 4) is 11.1 Å². The number of rotatable bonds is 5. The molecule has 0 unspecified atom stereocenters. The molecule has 1 heterocycles. The molecule has 4 heteroatoms. The number of carbonyl (C=O) groups excluding carboxylic acids is 1. The zero-order valence-electron chi connectivity index (χ0n) is 13.9. The Morgan fingerprint density at radius 2 is 2.04 bits per heavy atom. The smallest absolute Gasteiger partial charge is 0.338 e. The molecule has 0 radical (unpaired) electrons. The van der Waals surface area contributed by atoms with Crippen molar-refractivity contribution in [3.63, 3.8) is 0 Å². The quantitative estimate of drug-likeness (QED) is 0.727. The maximum absolute atomic E-state index is 12.0. The minimum absolute atomic E-state index is 0.294. The summed E-state index contributed by atoms with van der Waals surface area (Å²) in [7, 11) is 1.93. The van der Waals surface area contributed by atoms with Crippen molar-refractivity contribution in [2.45, 2.75) is 13.5 Å². The number of nitrogens with one attached hydrogen (secondary N) is 1. The second-order valence-electron chi connectivity index (χ2n) is 5.53. The molecule has 0 bridgehead atoms. The Balaban J connectivity index is 2.12. The van der Waals surface area contributed by atoms with E-state index in [1.165, 1.54) is 5.56 Å². The predicted molar refractivity (Wildman–Crippen MR) is 95.9 cm³/mol. The van der Waals surface area contributed by atoms with Crippen molar-refractivity contribution in [2.75, 3.05) is 13.7 Å². The molecule has 24 heavy (non-hydrogen) atoms. The minimum atomic E-state index is -0.294. The van der Waals surface area contributed by atoms with Gasteiger partial charge in [0.15, 0.2) is 0 Å². The van der Waals surface area contributed by atoms with Crippen molar-refractivity contribution >= 4 is 16.7 Å². The lowest BCUT2D eigenvalue weighted by molar-refractivity contribution is 0.0526. The highest BCUT2D eigenvalue weighted by Crippen LogP contribution is 2.31. The number of hydrogen-bond donors (Lipinski definition) is 1. The minimum Gasteiger partial charge on any atom is -0.462 e. The van der Waals surface area contributed by atoms with Crippen LogP contribution in [-0.4, -0.2) is 24.6 Å². The monoisotopic (exact) mass is 320 g/mol. The Bertz CT molecular complexity index is 874. The molecular weight excluding hydrogens is 300 g/mol. The lowest BCUT2D eigenvalue weighted by Crippen LogP contribution is -2.06. The maximum atomic E-state index is 12.0. The van der Waals surface area contributed by atoms with Gasteiger partial charge in [-0.15, -0.1) is 0 Å². The van der Waals surface area contributed by atoms with Gasteiger partial charge in [0.1, 0.15) is 0 Å². The van der Waals surface area contributed by atoms with Gasteiger partial charge in [0, 0.05) is 24.3 Å². The first-order valence-corrected chi connectivity index (χ1v) is 8.02. The topological polar surface area (TPSA) is 51.2 Å². The highest BCUT2D eigenvalue weighted by molar-refractivity contribution is 5.99. The van der Waals surface area contributed by atoms with Crippen LogP contribution in [0, 0.1) is 0 Å². The predicted octanol–water partition coefficient (Wildman–Crippen LogP) is 3.80. The van der Waals surface area contributed by atoms with Crippen molar-refractivity contribution < 1.29 is 9.53 Å². The number of aromatic nitrogens is 1. The first-order chi connectivity index (χ1) is 11.7. The van der Waals surface area contributed by atoms with Gasteiger partial charge < -0.3 is 10.1 Å². The van der Waals surface area contributed by atoms with E-state index in [4.69, 9.17) is 4.74 Å². The molecule has 4 nitrogen and oxygen atoms in total. The summed E-state index contributed by atoms with van der Waals surface area (Å²) >= 11 is 0. The average Bonchev–Trinajstić information content (AvgIpc) is 2.62. The summed E-state index contributed by atoms with van der Waals surface area (Å²) in [5, 5.41) is 5.42. The zero-order valence-corrected chi connectivity index (χ0v) is 13.9. The van der Waals surface area contributed by atoms with Crippen LogP contribution in [-0.2, 0) is 11.3 Å². The zero-order chi connectivity index (χ0) is 16.9. The Labute approximate surface area is 141 Å². The molecule has 1 aromatic heterocycles. The Morgan fingerprint density at radius 3 is 2.83 bits per heavy atom. The van der Waals surface area contributed by atoms with Crippen LogP contribution in [0.5, 0.6) is 0 Å². The molecule has 2 aromatic carbocycles. The molecule has 0 fully saturated rings. The van der Waals surface area contributed by atoms with Gasteiger partial charge in [0.25, 0.3) is 0 Å². The van der Waals surface area contributed by atoms with Gasteiger partial charge in [-0.3, -0.25) is 4.98 Å². The molecule has 0 aliphatic carbocycles. The lowest BCUT2D eigenvalue weighted by Gasteiger charge is -2.12. The van der Waals surface area contributed by atoms with E-state index in [0.717, 1.165) is 28.4 Å². The van der Waals surface area contributed by atoms with E-state index in [9.17, 15) is 4.79 Å². The summed E-state index contributed by atoms with van der Waals surface area (Å²) < 4.78 is 5.10. The van der Waals surface area contributed by atoms with E-state index < -0.39 is 0 Å². The van der Waals surface area contributed by atoms with E-state index in [1.54, 1.807) is 12.3 Å². The number of hydrogen-bond acceptors (Lipinski definition) is 4. The highest BCUT2D eigenvalue weighted by atomic mass is 16.5. The molecule has 3 aromatic rings. The summed E-state index contributed by atoms with van der Waals surface area (Å²) in [5.74, 6) is -0.294. The van der Waals surface area contributed by atoms with Gasteiger partial charge in [-0.25, -0.2) is 4.79 Å². The van der Waals surface area contributed by atoms with Gasteiger partial charge in [-0.2, -0.15) is 0 Å². The third-order valence-electron chi connectivity index (χ3n) is 3.96. The van der Waals surface area contributed by atoms with Crippen LogP contribution in [0.3, 0.4) is 0 Å². The normalized spacial score (nSPS) is 10.8. The number of nitrogens with zero attached hydrogens (tertiary/aromatic N) is 1. The van der Waals surface area contributed by atoms with Gasteiger partial charge >= 0.3 is 5.97 Å². The van der Waals surface area contributed by atoms with Crippen LogP contribution in [0.15, 0.2) is 54.9 Å². The number of ether oxygens (including phenoxy) is 1. The standard InChI is InChI=1S/C20H20N2O2/c1-3-24-20(23)15-6-4-5-14(11-15)17-8-7-16(12-21-2)19-13-22-10-9-18(17)19/h4-11,13,21H,3,12H2,1-2H3. The molecule has 122 valence electrons. The number of carbonyl (C=O) groups is 1. The highest BCUT2D eigenvalue weighted by Gasteiger charge is 2.11. The van der Waals surface area contributed by atoms with Gasteiger partial charge in [0.2, 0.25) is 0 Å². The van der Waals surface area contributed by atoms with Crippen LogP contribution in [0.4, 0.5) is 0 Å². The van der Waals surface area contributed by atoms with E-state index in [-0.39, 0.29) is 5.97 Å². The summed E-state index contributed by atoms with van der Waals surface area (Å²) in [4.78, 5) is 16.2. The van der Waals surface area contributed by atoms with E-state index in [2.05, 4.69) is 22.4 Å². The Morgan fingerprint density at radius 1 is 1.17 bits per heavy atom. The maximum Gasteiger partial charge on any atom is 0.338 e. The molecule has 0 spiro atoms. The second kappa shape index (κ2) is 7.23. The lowest BCUT2D eigenvalue weighted by atomic mass is 9.95. The molecular formula is C20H20N2O2. The van der Waals surface area contributed by atoms with Crippen molar-refractivity contribution in [1.82, 2.24) is 10.3 Å². The number of pyridine rings is 1. The van der Waals surface area contributed by atoms with E-state index in [0.29, 0.717) is 12.2 Å². The fourth-order valence-electron chi connectivity index (χ4n) is 2.87. The molecule has 0 saturated carbocycles. The van der Waals surface area contributed by atoms with Gasteiger partial charge in [0.05, 0.1) is 12.2 Å². The average molecular weight is 320 g/mol. The Kier molecular flexibility index (Phi) is 4.87. The molecule has 0 saturated heterocycles. The van der Waals surface area contributed by atoms with Crippen LogP contribution < -0.4 is 5.32 Å². The molecule has 0 aliphatic heterocycles. The SMILES string of the molecule is CCOC(=O)c1cccc(-c2ccc(CNC)c3cnccc23)c1. The molecule has 0 amide bonds. The molecule has 3 rings (SSSR count).